The maximum absolute atomic E-state index is 13.2. The van der Waals surface area contributed by atoms with Gasteiger partial charge in [0.2, 0.25) is 5.91 Å². The van der Waals surface area contributed by atoms with Gasteiger partial charge in [-0.15, -0.1) is 0 Å². The van der Waals surface area contributed by atoms with Crippen LogP contribution in [0.15, 0.2) is 48.5 Å². The first-order valence-corrected chi connectivity index (χ1v) is 11.2. The van der Waals surface area contributed by atoms with E-state index in [1.807, 2.05) is 83.1 Å². The first-order chi connectivity index (χ1) is 14.8. The lowest BCUT2D eigenvalue weighted by Gasteiger charge is -2.31. The first-order valence-electron chi connectivity index (χ1n) is 11.2. The van der Waals surface area contributed by atoms with Crippen LogP contribution >= 0.6 is 0 Å². The third-order valence-electron chi connectivity index (χ3n) is 5.71. The molecule has 0 aliphatic rings. The van der Waals surface area contributed by atoms with Gasteiger partial charge in [0.1, 0.15) is 11.8 Å². The average Bonchev–Trinajstić information content (AvgIpc) is 2.77. The Morgan fingerprint density at radius 3 is 2.32 bits per heavy atom. The second-order valence-electron chi connectivity index (χ2n) is 8.10. The lowest BCUT2D eigenvalue weighted by atomic mass is 10.1. The van der Waals surface area contributed by atoms with E-state index in [1.165, 1.54) is 5.56 Å². The first kappa shape index (κ1) is 24.4. The number of nitrogens with one attached hydrogen (secondary N) is 1. The number of amides is 2. The molecule has 168 valence electrons. The molecule has 31 heavy (non-hydrogen) atoms. The van der Waals surface area contributed by atoms with Crippen LogP contribution in [0.2, 0.25) is 0 Å². The highest BCUT2D eigenvalue weighted by Crippen LogP contribution is 2.17. The molecule has 0 aliphatic carbocycles. The van der Waals surface area contributed by atoms with Crippen molar-refractivity contribution in [3.05, 3.63) is 65.2 Å². The molecule has 2 amide bonds. The minimum absolute atomic E-state index is 0.0689. The van der Waals surface area contributed by atoms with Gasteiger partial charge in [0, 0.05) is 12.6 Å². The van der Waals surface area contributed by atoms with E-state index < -0.39 is 6.04 Å². The molecule has 2 aromatic rings. The van der Waals surface area contributed by atoms with Crippen molar-refractivity contribution in [2.75, 3.05) is 13.2 Å². The summed E-state index contributed by atoms with van der Waals surface area (Å²) in [6, 6.07) is 15.3. The molecule has 0 aliphatic heterocycles. The Balaban J connectivity index is 2.14. The van der Waals surface area contributed by atoms with E-state index in [-0.39, 0.29) is 24.5 Å². The SMILES string of the molecule is CC[C@@H](C)NC(=O)[C@H](CC)N(CCc1ccccc1)C(=O)COc1ccc(C)c(C)c1. The molecule has 0 heterocycles. The molecule has 0 aromatic heterocycles. The molecule has 5 heteroatoms. The predicted molar refractivity (Wildman–Crippen MR) is 125 cm³/mol. The van der Waals surface area contributed by atoms with Crippen LogP contribution in [0.25, 0.3) is 0 Å². The Bertz CT molecular complexity index is 851. The van der Waals surface area contributed by atoms with Crippen LogP contribution in [-0.2, 0) is 16.0 Å². The summed E-state index contributed by atoms with van der Waals surface area (Å²) in [6.07, 6.45) is 2.08. The van der Waals surface area contributed by atoms with Gasteiger partial charge in [-0.1, -0.05) is 50.2 Å². The summed E-state index contributed by atoms with van der Waals surface area (Å²) < 4.78 is 5.79. The van der Waals surface area contributed by atoms with Crippen molar-refractivity contribution >= 4 is 11.8 Å². The molecule has 0 unspecified atom stereocenters. The van der Waals surface area contributed by atoms with Gasteiger partial charge in [-0.05, 0) is 68.9 Å². The normalized spacial score (nSPS) is 12.7. The zero-order valence-electron chi connectivity index (χ0n) is 19.5. The lowest BCUT2D eigenvalue weighted by molar-refractivity contribution is -0.142. The van der Waals surface area contributed by atoms with E-state index in [0.29, 0.717) is 25.1 Å². The highest BCUT2D eigenvalue weighted by atomic mass is 16.5. The molecule has 2 atom stereocenters. The summed E-state index contributed by atoms with van der Waals surface area (Å²) in [4.78, 5) is 27.8. The standard InChI is InChI=1S/C26H36N2O3/c1-6-21(5)27-26(30)24(7-2)28(16-15-22-11-9-8-10-12-22)25(29)18-31-23-14-13-19(3)20(4)17-23/h8-14,17,21,24H,6-7,15-16,18H2,1-5H3,(H,27,30)/t21-,24+/m1/s1. The molecule has 0 radical (unpaired) electrons. The fraction of sp³-hybridized carbons (Fsp3) is 0.462. The van der Waals surface area contributed by atoms with Crippen LogP contribution < -0.4 is 10.1 Å². The Morgan fingerprint density at radius 2 is 1.71 bits per heavy atom. The summed E-state index contributed by atoms with van der Waals surface area (Å²) in [5, 5.41) is 3.03. The molecule has 0 saturated heterocycles. The van der Waals surface area contributed by atoms with Crippen LogP contribution in [0.1, 0.15) is 50.3 Å². The monoisotopic (exact) mass is 424 g/mol. The van der Waals surface area contributed by atoms with Gasteiger partial charge in [-0.2, -0.15) is 0 Å². The van der Waals surface area contributed by atoms with Gasteiger partial charge in [0.15, 0.2) is 6.61 Å². The molecular weight excluding hydrogens is 388 g/mol. The van der Waals surface area contributed by atoms with Crippen molar-refractivity contribution in [3.8, 4) is 5.75 Å². The van der Waals surface area contributed by atoms with Crippen molar-refractivity contribution in [2.45, 2.75) is 66.0 Å². The van der Waals surface area contributed by atoms with E-state index >= 15 is 0 Å². The Morgan fingerprint density at radius 1 is 1.00 bits per heavy atom. The summed E-state index contributed by atoms with van der Waals surface area (Å²) in [6.45, 7) is 10.4. The van der Waals surface area contributed by atoms with Crippen molar-refractivity contribution in [1.82, 2.24) is 10.2 Å². The molecule has 0 spiro atoms. The van der Waals surface area contributed by atoms with Gasteiger partial charge < -0.3 is 15.0 Å². The van der Waals surface area contributed by atoms with E-state index in [1.54, 1.807) is 4.90 Å². The molecule has 2 aromatic carbocycles. The number of rotatable bonds is 11. The maximum Gasteiger partial charge on any atom is 0.261 e. The second-order valence-corrected chi connectivity index (χ2v) is 8.10. The van der Waals surface area contributed by atoms with Gasteiger partial charge in [0.25, 0.3) is 5.91 Å². The summed E-state index contributed by atoms with van der Waals surface area (Å²) in [5.41, 5.74) is 3.42. The van der Waals surface area contributed by atoms with Crippen molar-refractivity contribution in [3.63, 3.8) is 0 Å². The number of carbonyl (C=O) groups excluding carboxylic acids is 2. The Kier molecular flexibility index (Phi) is 9.57. The fourth-order valence-electron chi connectivity index (χ4n) is 3.37. The Hall–Kier alpha value is -2.82. The highest BCUT2D eigenvalue weighted by Gasteiger charge is 2.29. The van der Waals surface area contributed by atoms with E-state index in [0.717, 1.165) is 17.5 Å². The fourth-order valence-corrected chi connectivity index (χ4v) is 3.37. The van der Waals surface area contributed by atoms with Gasteiger partial charge >= 0.3 is 0 Å². The second kappa shape index (κ2) is 12.1. The van der Waals surface area contributed by atoms with Crippen molar-refractivity contribution < 1.29 is 14.3 Å². The number of benzene rings is 2. The van der Waals surface area contributed by atoms with Crippen LogP contribution in [0, 0.1) is 13.8 Å². The molecular formula is C26H36N2O3. The van der Waals surface area contributed by atoms with Crippen LogP contribution in [0.5, 0.6) is 5.75 Å². The molecule has 0 bridgehead atoms. The molecule has 1 N–H and O–H groups in total. The summed E-state index contributed by atoms with van der Waals surface area (Å²) in [5.74, 6) is 0.376. The van der Waals surface area contributed by atoms with Crippen molar-refractivity contribution in [1.29, 1.82) is 0 Å². The van der Waals surface area contributed by atoms with Crippen LogP contribution in [-0.4, -0.2) is 41.9 Å². The molecule has 5 nitrogen and oxygen atoms in total. The zero-order chi connectivity index (χ0) is 22.8. The quantitative estimate of drug-likeness (QED) is 0.580. The molecule has 0 saturated carbocycles. The van der Waals surface area contributed by atoms with E-state index in [4.69, 9.17) is 4.74 Å². The number of hydrogen-bond donors (Lipinski definition) is 1. The number of carbonyl (C=O) groups is 2. The van der Waals surface area contributed by atoms with Gasteiger partial charge in [-0.25, -0.2) is 0 Å². The summed E-state index contributed by atoms with van der Waals surface area (Å²) in [7, 11) is 0. The topological polar surface area (TPSA) is 58.6 Å². The van der Waals surface area contributed by atoms with Crippen molar-refractivity contribution in [2.24, 2.45) is 0 Å². The van der Waals surface area contributed by atoms with E-state index in [2.05, 4.69) is 5.32 Å². The van der Waals surface area contributed by atoms with Gasteiger partial charge in [0.05, 0.1) is 0 Å². The third-order valence-corrected chi connectivity index (χ3v) is 5.71. The number of nitrogens with zero attached hydrogens (tertiary/aromatic N) is 1. The highest BCUT2D eigenvalue weighted by molar-refractivity contribution is 5.88. The maximum atomic E-state index is 13.2. The van der Waals surface area contributed by atoms with Gasteiger partial charge in [-0.3, -0.25) is 9.59 Å². The zero-order valence-corrected chi connectivity index (χ0v) is 19.5. The smallest absolute Gasteiger partial charge is 0.261 e. The Labute approximate surface area is 186 Å². The number of ether oxygens (including phenoxy) is 1. The molecule has 0 fully saturated rings. The number of hydrogen-bond acceptors (Lipinski definition) is 3. The van der Waals surface area contributed by atoms with Crippen LogP contribution in [0.3, 0.4) is 0 Å². The largest absolute Gasteiger partial charge is 0.484 e. The number of aryl methyl sites for hydroxylation is 2. The lowest BCUT2D eigenvalue weighted by Crippen LogP contribution is -2.52. The summed E-state index contributed by atoms with van der Waals surface area (Å²) >= 11 is 0. The minimum atomic E-state index is -0.520. The van der Waals surface area contributed by atoms with E-state index in [9.17, 15) is 9.59 Å². The van der Waals surface area contributed by atoms with Crippen LogP contribution in [0.4, 0.5) is 0 Å². The average molecular weight is 425 g/mol. The minimum Gasteiger partial charge on any atom is -0.484 e. The molecule has 2 rings (SSSR count). The third kappa shape index (κ3) is 7.42. The predicted octanol–water partition coefficient (Wildman–Crippen LogP) is 4.45.